The lowest BCUT2D eigenvalue weighted by molar-refractivity contribution is 0.263. The van der Waals surface area contributed by atoms with Crippen molar-refractivity contribution in [2.24, 2.45) is 0 Å². The van der Waals surface area contributed by atoms with Crippen molar-refractivity contribution >= 4 is 27.4 Å². The molecule has 19 heavy (non-hydrogen) atoms. The third-order valence-electron chi connectivity index (χ3n) is 3.59. The summed E-state index contributed by atoms with van der Waals surface area (Å²) in [5.74, 6) is 1.68. The van der Waals surface area contributed by atoms with Crippen LogP contribution >= 0.6 is 15.9 Å². The van der Waals surface area contributed by atoms with Crippen LogP contribution in [0.3, 0.4) is 0 Å². The molecular formula is C12H17BrN6. The Bertz CT molecular complexity index is 587. The number of rotatable bonds is 2. The molecule has 0 aromatic carbocycles. The van der Waals surface area contributed by atoms with Gasteiger partial charge in [0.2, 0.25) is 5.65 Å². The molecule has 6 nitrogen and oxygen atoms in total. The first-order valence-corrected chi connectivity index (χ1v) is 7.26. The van der Waals surface area contributed by atoms with Gasteiger partial charge in [-0.05, 0) is 55.8 Å². The molecule has 0 bridgehead atoms. The number of fused-ring (bicyclic) bond motifs is 1. The van der Waals surface area contributed by atoms with Gasteiger partial charge < -0.3 is 10.2 Å². The van der Waals surface area contributed by atoms with Gasteiger partial charge in [0.15, 0.2) is 5.82 Å². The molecule has 0 radical (unpaired) electrons. The van der Waals surface area contributed by atoms with Crippen molar-refractivity contribution in [3.63, 3.8) is 0 Å². The van der Waals surface area contributed by atoms with Crippen molar-refractivity contribution in [1.29, 1.82) is 0 Å². The number of hydrogen-bond acceptors (Lipinski definition) is 5. The monoisotopic (exact) mass is 324 g/mol. The Balaban J connectivity index is 1.88. The average molecular weight is 325 g/mol. The van der Waals surface area contributed by atoms with Crippen molar-refractivity contribution in [3.8, 4) is 0 Å². The van der Waals surface area contributed by atoms with Gasteiger partial charge in [0.05, 0.1) is 0 Å². The molecule has 0 atom stereocenters. The highest BCUT2D eigenvalue weighted by molar-refractivity contribution is 9.10. The summed E-state index contributed by atoms with van der Waals surface area (Å²) in [7, 11) is 2.16. The fourth-order valence-corrected chi connectivity index (χ4v) is 2.80. The minimum Gasteiger partial charge on any atom is -0.364 e. The summed E-state index contributed by atoms with van der Waals surface area (Å²) in [5, 5.41) is 11.8. The van der Waals surface area contributed by atoms with Gasteiger partial charge in [0, 0.05) is 12.2 Å². The summed E-state index contributed by atoms with van der Waals surface area (Å²) in [6.07, 6.45) is 4.15. The van der Waals surface area contributed by atoms with Gasteiger partial charge in [-0.1, -0.05) is 0 Å². The van der Waals surface area contributed by atoms with E-state index in [0.29, 0.717) is 6.04 Å². The molecule has 1 aliphatic heterocycles. The van der Waals surface area contributed by atoms with Crippen molar-refractivity contribution in [2.75, 3.05) is 25.5 Å². The molecule has 1 aliphatic rings. The van der Waals surface area contributed by atoms with Gasteiger partial charge in [0.1, 0.15) is 10.4 Å². The third-order valence-corrected chi connectivity index (χ3v) is 3.97. The van der Waals surface area contributed by atoms with Crippen LogP contribution in [0.2, 0.25) is 0 Å². The minimum atomic E-state index is 0.457. The predicted molar refractivity (Wildman–Crippen MR) is 77.4 cm³/mol. The van der Waals surface area contributed by atoms with Crippen LogP contribution in [0, 0.1) is 6.92 Å². The normalized spacial score (nSPS) is 18.1. The average Bonchev–Trinajstić information content (AvgIpc) is 2.74. The van der Waals surface area contributed by atoms with E-state index in [9.17, 15) is 0 Å². The number of anilines is 1. The smallest absolute Gasteiger partial charge is 0.203 e. The van der Waals surface area contributed by atoms with Gasteiger partial charge in [-0.3, -0.25) is 4.40 Å². The first kappa shape index (κ1) is 12.8. The summed E-state index contributed by atoms with van der Waals surface area (Å²) in [6, 6.07) is 0.457. The lowest BCUT2D eigenvalue weighted by Crippen LogP contribution is -2.37. The second-order valence-corrected chi connectivity index (χ2v) is 5.89. The molecule has 102 valence electrons. The Morgan fingerprint density at radius 1 is 1.32 bits per heavy atom. The predicted octanol–water partition coefficient (Wildman–Crippen LogP) is 1.70. The largest absolute Gasteiger partial charge is 0.364 e. The zero-order valence-corrected chi connectivity index (χ0v) is 12.7. The van der Waals surface area contributed by atoms with Crippen molar-refractivity contribution in [1.82, 2.24) is 24.5 Å². The fourth-order valence-electron chi connectivity index (χ4n) is 2.42. The molecule has 0 unspecified atom stereocenters. The molecule has 3 rings (SSSR count). The van der Waals surface area contributed by atoms with Crippen LogP contribution < -0.4 is 5.32 Å². The number of nitrogens with one attached hydrogen (secondary N) is 1. The van der Waals surface area contributed by atoms with E-state index >= 15 is 0 Å². The molecule has 0 aliphatic carbocycles. The standard InChI is InChI=1S/C12H17BrN6/c1-8-16-17-12-11(15-10(13)7-19(8)12)14-9-3-5-18(2)6-4-9/h7,9H,3-6H2,1-2H3,(H,14,15). The Hall–Kier alpha value is -1.21. The maximum atomic E-state index is 4.50. The van der Waals surface area contributed by atoms with E-state index in [1.807, 2.05) is 17.5 Å². The molecule has 0 spiro atoms. The maximum absolute atomic E-state index is 4.50. The maximum Gasteiger partial charge on any atom is 0.203 e. The van der Waals surface area contributed by atoms with E-state index in [1.165, 1.54) is 0 Å². The summed E-state index contributed by atoms with van der Waals surface area (Å²) in [5.41, 5.74) is 0.791. The van der Waals surface area contributed by atoms with Gasteiger partial charge in [-0.2, -0.15) is 0 Å². The zero-order chi connectivity index (χ0) is 13.4. The van der Waals surface area contributed by atoms with E-state index in [1.54, 1.807) is 0 Å². The van der Waals surface area contributed by atoms with Crippen LogP contribution in [-0.4, -0.2) is 50.7 Å². The van der Waals surface area contributed by atoms with E-state index in [2.05, 4.69) is 48.4 Å². The van der Waals surface area contributed by atoms with Gasteiger partial charge in [-0.25, -0.2) is 4.98 Å². The number of likely N-dealkylation sites (tertiary alicyclic amines) is 1. The molecule has 1 N–H and O–H groups in total. The first-order chi connectivity index (χ1) is 9.13. The number of halogens is 1. The second-order valence-electron chi connectivity index (χ2n) is 5.07. The molecule has 0 amide bonds. The summed E-state index contributed by atoms with van der Waals surface area (Å²) in [4.78, 5) is 6.85. The van der Waals surface area contributed by atoms with E-state index in [4.69, 9.17) is 0 Å². The Labute approximate surface area is 120 Å². The lowest BCUT2D eigenvalue weighted by Gasteiger charge is -2.29. The van der Waals surface area contributed by atoms with Crippen LogP contribution in [0.5, 0.6) is 0 Å². The van der Waals surface area contributed by atoms with Gasteiger partial charge in [-0.15, -0.1) is 10.2 Å². The van der Waals surface area contributed by atoms with Crippen molar-refractivity contribution in [3.05, 3.63) is 16.6 Å². The summed E-state index contributed by atoms with van der Waals surface area (Å²) < 4.78 is 2.74. The van der Waals surface area contributed by atoms with Gasteiger partial charge >= 0.3 is 0 Å². The molecule has 0 saturated carbocycles. The Morgan fingerprint density at radius 3 is 2.79 bits per heavy atom. The zero-order valence-electron chi connectivity index (χ0n) is 11.1. The number of piperidine rings is 1. The number of hydrogen-bond donors (Lipinski definition) is 1. The topological polar surface area (TPSA) is 58.4 Å². The number of aromatic nitrogens is 4. The van der Waals surface area contributed by atoms with Crippen LogP contribution in [0.15, 0.2) is 10.8 Å². The third kappa shape index (κ3) is 2.57. The highest BCUT2D eigenvalue weighted by Gasteiger charge is 2.19. The number of aryl methyl sites for hydroxylation is 1. The molecule has 1 fully saturated rings. The van der Waals surface area contributed by atoms with Crippen LogP contribution in [0.4, 0.5) is 5.82 Å². The summed E-state index contributed by atoms with van der Waals surface area (Å²) in [6.45, 7) is 4.17. The quantitative estimate of drug-likeness (QED) is 0.911. The van der Waals surface area contributed by atoms with Crippen LogP contribution in [-0.2, 0) is 0 Å². The van der Waals surface area contributed by atoms with Crippen LogP contribution in [0.1, 0.15) is 18.7 Å². The Morgan fingerprint density at radius 2 is 2.05 bits per heavy atom. The van der Waals surface area contributed by atoms with E-state index in [-0.39, 0.29) is 0 Å². The van der Waals surface area contributed by atoms with E-state index in [0.717, 1.165) is 47.8 Å². The fraction of sp³-hybridized carbons (Fsp3) is 0.583. The lowest BCUT2D eigenvalue weighted by atomic mass is 10.1. The molecule has 3 heterocycles. The summed E-state index contributed by atoms with van der Waals surface area (Å²) >= 11 is 3.44. The molecule has 1 saturated heterocycles. The molecule has 7 heteroatoms. The number of nitrogens with zero attached hydrogens (tertiary/aromatic N) is 5. The van der Waals surface area contributed by atoms with E-state index < -0.39 is 0 Å². The molecular weight excluding hydrogens is 308 g/mol. The van der Waals surface area contributed by atoms with Crippen molar-refractivity contribution < 1.29 is 0 Å². The highest BCUT2D eigenvalue weighted by Crippen LogP contribution is 2.21. The highest BCUT2D eigenvalue weighted by atomic mass is 79.9. The van der Waals surface area contributed by atoms with Crippen LogP contribution in [0.25, 0.3) is 5.65 Å². The Kier molecular flexibility index (Phi) is 3.40. The first-order valence-electron chi connectivity index (χ1n) is 6.46. The minimum absolute atomic E-state index is 0.457. The molecule has 2 aromatic heterocycles. The van der Waals surface area contributed by atoms with Crippen molar-refractivity contribution in [2.45, 2.75) is 25.8 Å². The SMILES string of the molecule is Cc1nnc2c(NC3CCN(C)CC3)nc(Br)cn12. The second kappa shape index (κ2) is 5.05. The molecule has 2 aromatic rings. The van der Waals surface area contributed by atoms with Gasteiger partial charge in [0.25, 0.3) is 0 Å².